The normalized spacial score (nSPS) is 11.7. The molecular weight excluding hydrogens is 460 g/mol. The van der Waals surface area contributed by atoms with Gasteiger partial charge in [-0.3, -0.25) is 19.2 Å². The number of carboxylic acids is 6. The molecule has 0 aromatic carbocycles. The van der Waals surface area contributed by atoms with E-state index in [1.165, 1.54) is 0 Å². The molecule has 0 aromatic heterocycles. The summed E-state index contributed by atoms with van der Waals surface area (Å²) in [7, 11) is 0. The summed E-state index contributed by atoms with van der Waals surface area (Å²) >= 11 is 0. The van der Waals surface area contributed by atoms with Crippen molar-refractivity contribution in [3.8, 4) is 0 Å². The van der Waals surface area contributed by atoms with E-state index in [4.69, 9.17) is 37.6 Å². The predicted octanol–water partition coefficient (Wildman–Crippen LogP) is -10.9. The van der Waals surface area contributed by atoms with E-state index in [1.807, 2.05) is 0 Å². The second kappa shape index (κ2) is 24.3. The van der Waals surface area contributed by atoms with Crippen LogP contribution in [0.5, 0.6) is 0 Å². The molecule has 0 spiro atoms. The van der Waals surface area contributed by atoms with Gasteiger partial charge in [-0.15, -0.1) is 0 Å². The average Bonchev–Trinajstić information content (AvgIpc) is 2.62. The fourth-order valence-corrected chi connectivity index (χ4v) is 1.20. The number of hydrogen-bond acceptors (Lipinski definition) is 11. The number of carboxylic acid groups (broad SMARTS) is 6. The van der Waals surface area contributed by atoms with Gasteiger partial charge in [-0.1, -0.05) is 0 Å². The zero-order valence-corrected chi connectivity index (χ0v) is 21.8. The maximum atomic E-state index is 9.99. The Balaban J connectivity index is -0.000000110. The van der Waals surface area contributed by atoms with Gasteiger partial charge in [-0.25, -0.2) is 0 Å². The summed E-state index contributed by atoms with van der Waals surface area (Å²) in [6, 6.07) is -3.33. The average molecular weight is 485 g/mol. The van der Waals surface area contributed by atoms with Crippen LogP contribution in [-0.4, -0.2) is 74.4 Å². The van der Waals surface area contributed by atoms with E-state index in [1.54, 1.807) is 0 Å². The molecule has 17 heteroatoms. The van der Waals surface area contributed by atoms with Gasteiger partial charge in [-0.05, 0) is 25.7 Å². The van der Waals surface area contributed by atoms with Crippen molar-refractivity contribution in [3.63, 3.8) is 0 Å². The number of hydrogen-bond donors (Lipinski definition) is 7. The molecule has 10 N–H and O–H groups in total. The minimum atomic E-state index is -1.44. The summed E-state index contributed by atoms with van der Waals surface area (Å²) in [4.78, 5) is 59.4. The molecular formula is C15H25N3Na2O12. The monoisotopic (exact) mass is 485 g/mol. The van der Waals surface area contributed by atoms with Crippen LogP contribution >= 0.6 is 0 Å². The molecule has 0 unspecified atom stereocenters. The zero-order valence-electron chi connectivity index (χ0n) is 17.8. The summed E-state index contributed by atoms with van der Waals surface area (Å²) in [6.45, 7) is 0. The molecule has 32 heavy (non-hydrogen) atoms. The van der Waals surface area contributed by atoms with Crippen LogP contribution < -0.4 is 86.5 Å². The second-order valence-electron chi connectivity index (χ2n) is 5.59. The first kappa shape index (κ1) is 41.0. The van der Waals surface area contributed by atoms with E-state index in [9.17, 15) is 39.0 Å². The predicted molar refractivity (Wildman–Crippen MR) is 92.2 cm³/mol. The number of rotatable bonds is 12. The van der Waals surface area contributed by atoms with Gasteiger partial charge < -0.3 is 57.4 Å². The Bertz CT molecular complexity index is 525. The summed E-state index contributed by atoms with van der Waals surface area (Å²) < 4.78 is 0. The Morgan fingerprint density at radius 3 is 1.06 bits per heavy atom. The summed E-state index contributed by atoms with van der Waals surface area (Å²) in [5.74, 6) is -7.14. The van der Waals surface area contributed by atoms with Gasteiger partial charge in [0.05, 0.1) is 5.97 Å². The molecule has 0 radical (unpaired) electrons. The maximum Gasteiger partial charge on any atom is 1.00 e. The van der Waals surface area contributed by atoms with Crippen LogP contribution in [0.2, 0.25) is 0 Å². The van der Waals surface area contributed by atoms with Gasteiger partial charge in [0.1, 0.15) is 12.1 Å². The van der Waals surface area contributed by atoms with Gasteiger partial charge in [0.2, 0.25) is 0 Å². The molecule has 174 valence electrons. The second-order valence-corrected chi connectivity index (χ2v) is 5.59. The van der Waals surface area contributed by atoms with Crippen molar-refractivity contribution in [2.24, 2.45) is 17.2 Å². The van der Waals surface area contributed by atoms with Crippen LogP contribution in [0.4, 0.5) is 0 Å². The van der Waals surface area contributed by atoms with Crippen molar-refractivity contribution in [2.75, 3.05) is 0 Å². The molecule has 0 rings (SSSR count). The molecule has 0 heterocycles. The molecule has 15 nitrogen and oxygen atoms in total. The molecule has 0 aliphatic heterocycles. The van der Waals surface area contributed by atoms with E-state index >= 15 is 0 Å². The smallest absolute Gasteiger partial charge is 0.550 e. The van der Waals surface area contributed by atoms with Crippen LogP contribution in [0, 0.1) is 0 Å². The van der Waals surface area contributed by atoms with Gasteiger partial charge in [0.25, 0.3) is 0 Å². The molecule has 0 bridgehead atoms. The van der Waals surface area contributed by atoms with E-state index in [-0.39, 0.29) is 97.6 Å². The Kier molecular flexibility index (Phi) is 31.2. The first-order valence-corrected chi connectivity index (χ1v) is 8.18. The van der Waals surface area contributed by atoms with Gasteiger partial charge in [0.15, 0.2) is 0 Å². The van der Waals surface area contributed by atoms with Crippen molar-refractivity contribution in [1.82, 2.24) is 0 Å². The number of nitrogens with two attached hydrogens (primary N) is 3. The SMILES string of the molecule is N[C@@H](CCC(=O)O)C(=O)O.N[C@@H](CCC(=O)O)C(=O)O.N[C@@H](CCC(=O)[O-])C(=O)[O-].[Na+].[Na+]. The molecule has 0 aliphatic rings. The first-order chi connectivity index (χ1) is 13.6. The third kappa shape index (κ3) is 33.3. The van der Waals surface area contributed by atoms with Crippen LogP contribution in [-0.2, 0) is 28.8 Å². The number of carbonyl (C=O) groups excluding carboxylic acids is 2. The van der Waals surface area contributed by atoms with E-state index < -0.39 is 53.9 Å². The van der Waals surface area contributed by atoms with Crippen LogP contribution in [0.1, 0.15) is 38.5 Å². The van der Waals surface area contributed by atoms with Crippen LogP contribution in [0.15, 0.2) is 0 Å². The van der Waals surface area contributed by atoms with E-state index in [2.05, 4.69) is 0 Å². The fourth-order valence-electron chi connectivity index (χ4n) is 1.20. The van der Waals surface area contributed by atoms with Crippen molar-refractivity contribution >= 4 is 35.8 Å². The fraction of sp³-hybridized carbons (Fsp3) is 0.600. The minimum Gasteiger partial charge on any atom is -0.550 e. The van der Waals surface area contributed by atoms with Crippen molar-refractivity contribution < 1.29 is 119 Å². The quantitative estimate of drug-likeness (QED) is 0.126. The van der Waals surface area contributed by atoms with Crippen LogP contribution in [0.25, 0.3) is 0 Å². The Labute approximate surface area is 226 Å². The third-order valence-corrected chi connectivity index (χ3v) is 2.94. The molecule has 0 aliphatic carbocycles. The van der Waals surface area contributed by atoms with Gasteiger partial charge in [-0.2, -0.15) is 0 Å². The van der Waals surface area contributed by atoms with E-state index in [0.717, 1.165) is 0 Å². The molecule has 0 fully saturated rings. The van der Waals surface area contributed by atoms with Crippen molar-refractivity contribution in [2.45, 2.75) is 56.7 Å². The topological polar surface area (TPSA) is 308 Å². The number of carbonyl (C=O) groups is 6. The summed E-state index contributed by atoms with van der Waals surface area (Å²) in [5, 5.41) is 52.2. The molecule has 0 aromatic rings. The Morgan fingerprint density at radius 1 is 0.594 bits per heavy atom. The molecule has 3 atom stereocenters. The summed E-state index contributed by atoms with van der Waals surface area (Å²) in [6.07, 6.45) is -0.948. The molecule has 0 saturated carbocycles. The third-order valence-electron chi connectivity index (χ3n) is 2.94. The van der Waals surface area contributed by atoms with E-state index in [0.29, 0.717) is 0 Å². The number of aliphatic carboxylic acids is 6. The van der Waals surface area contributed by atoms with Gasteiger partial charge >= 0.3 is 83.0 Å². The maximum absolute atomic E-state index is 9.99. The first-order valence-electron chi connectivity index (χ1n) is 8.18. The van der Waals surface area contributed by atoms with Crippen molar-refractivity contribution in [3.05, 3.63) is 0 Å². The van der Waals surface area contributed by atoms with Crippen molar-refractivity contribution in [1.29, 1.82) is 0 Å². The summed E-state index contributed by atoms with van der Waals surface area (Å²) in [5.41, 5.74) is 14.9. The largest absolute Gasteiger partial charge is 1.00 e. The van der Waals surface area contributed by atoms with Gasteiger partial charge in [0, 0.05) is 24.9 Å². The minimum absolute atomic E-state index is 0. The molecule has 0 amide bonds. The molecule has 0 saturated heterocycles. The van der Waals surface area contributed by atoms with Crippen LogP contribution in [0.3, 0.4) is 0 Å². The Morgan fingerprint density at radius 2 is 0.875 bits per heavy atom. The Hall–Kier alpha value is -1.30. The standard InChI is InChI=1S/3C5H9NO4.2Na/c3*6-3(5(9)10)1-2-4(7)8;;/h3*3H,1-2,6H2,(H,7,8)(H,9,10);;/q;;;2*+1/p-2/t3*3-;;/m000../s1. The zero-order chi connectivity index (χ0) is 24.4.